The van der Waals surface area contributed by atoms with Gasteiger partial charge in [-0.15, -0.1) is 0 Å². The van der Waals surface area contributed by atoms with Crippen LogP contribution in [0.15, 0.2) is 33.3 Å². The maximum absolute atomic E-state index is 5.69. The predicted octanol–water partition coefficient (Wildman–Crippen LogP) is 4.46. The smallest absolute Gasteiger partial charge is 0.225 e. The van der Waals surface area contributed by atoms with Crippen LogP contribution in [0, 0.1) is 0 Å². The molecule has 2 rings (SSSR count). The molecule has 4 nitrogen and oxygen atoms in total. The van der Waals surface area contributed by atoms with Crippen LogP contribution in [-0.4, -0.2) is 17.1 Å². The Hall–Kier alpha value is -0.850. The van der Waals surface area contributed by atoms with Gasteiger partial charge in [-0.3, -0.25) is 0 Å². The molecule has 2 aromatic rings. The number of halogens is 3. The van der Waals surface area contributed by atoms with Crippen LogP contribution in [0.3, 0.4) is 0 Å². The lowest BCUT2D eigenvalue weighted by atomic mass is 10.3. The molecule has 0 N–H and O–H groups in total. The van der Waals surface area contributed by atoms with Gasteiger partial charge in [0, 0.05) is 12.3 Å². The minimum atomic E-state index is 0.135. The van der Waals surface area contributed by atoms with E-state index < -0.39 is 0 Å². The third kappa shape index (κ3) is 3.13. The van der Waals surface area contributed by atoms with Crippen LogP contribution in [0.25, 0.3) is 0 Å². The molecule has 0 fully saturated rings. The molecule has 0 saturated heterocycles. The third-order valence-corrected chi connectivity index (χ3v) is 3.44. The summed E-state index contributed by atoms with van der Waals surface area (Å²) in [6.07, 6.45) is 1.52. The number of aromatic nitrogens is 2. The number of hydrogen-bond donors (Lipinski definition) is 0. The second-order valence-electron chi connectivity index (χ2n) is 3.18. The molecule has 0 radical (unpaired) electrons. The largest absolute Gasteiger partial charge is 0.496 e. The fourth-order valence-corrected chi connectivity index (χ4v) is 2.26. The van der Waals surface area contributed by atoms with Gasteiger partial charge in [0.05, 0.1) is 16.1 Å². The van der Waals surface area contributed by atoms with Crippen molar-refractivity contribution in [2.24, 2.45) is 0 Å². The molecule has 0 aliphatic rings. The quantitative estimate of drug-likeness (QED) is 0.721. The van der Waals surface area contributed by atoms with Gasteiger partial charge in [0.2, 0.25) is 11.2 Å². The van der Waals surface area contributed by atoms with Crippen molar-refractivity contribution in [1.29, 1.82) is 0 Å². The number of benzene rings is 1. The van der Waals surface area contributed by atoms with E-state index in [9.17, 15) is 0 Å². The summed E-state index contributed by atoms with van der Waals surface area (Å²) in [7, 11) is 1.59. The summed E-state index contributed by atoms with van der Waals surface area (Å²) in [6, 6.07) is 5.19. The molecule has 1 aromatic carbocycles. The summed E-state index contributed by atoms with van der Waals surface area (Å²) < 4.78 is 12.3. The number of methoxy groups -OCH3 is 1. The molecule has 1 heterocycles. The maximum Gasteiger partial charge on any atom is 0.225 e. The maximum atomic E-state index is 5.69. The highest BCUT2D eigenvalue weighted by Crippen LogP contribution is 2.37. The van der Waals surface area contributed by atoms with Crippen molar-refractivity contribution in [1.82, 2.24) is 9.97 Å². The number of rotatable bonds is 3. The molecule has 0 aliphatic heterocycles. The van der Waals surface area contributed by atoms with Gasteiger partial charge >= 0.3 is 0 Å². The van der Waals surface area contributed by atoms with Crippen molar-refractivity contribution >= 4 is 43.5 Å². The molecule has 7 heteroatoms. The fourth-order valence-electron chi connectivity index (χ4n) is 1.23. The predicted molar refractivity (Wildman–Crippen MR) is 75.5 cm³/mol. The van der Waals surface area contributed by atoms with Crippen molar-refractivity contribution in [3.05, 3.63) is 38.6 Å². The van der Waals surface area contributed by atoms with E-state index in [4.69, 9.17) is 21.1 Å². The average Bonchev–Trinajstić information content (AvgIpc) is 2.33. The first-order valence-electron chi connectivity index (χ1n) is 4.79. The Morgan fingerprint density at radius 3 is 2.50 bits per heavy atom. The lowest BCUT2D eigenvalue weighted by Crippen LogP contribution is -1.92. The van der Waals surface area contributed by atoms with E-state index in [0.717, 1.165) is 8.95 Å². The molecule has 0 saturated carbocycles. The lowest BCUT2D eigenvalue weighted by molar-refractivity contribution is 0.408. The van der Waals surface area contributed by atoms with E-state index in [0.29, 0.717) is 17.4 Å². The van der Waals surface area contributed by atoms with Gasteiger partial charge in [0.1, 0.15) is 11.5 Å². The third-order valence-electron chi connectivity index (χ3n) is 2.02. The van der Waals surface area contributed by atoms with Crippen molar-refractivity contribution in [3.63, 3.8) is 0 Å². The minimum Gasteiger partial charge on any atom is -0.496 e. The number of ether oxygens (including phenoxy) is 2. The molecule has 1 aromatic heterocycles. The van der Waals surface area contributed by atoms with Crippen molar-refractivity contribution < 1.29 is 9.47 Å². The van der Waals surface area contributed by atoms with Crippen LogP contribution < -0.4 is 9.47 Å². The van der Waals surface area contributed by atoms with Crippen LogP contribution in [0.2, 0.25) is 5.28 Å². The normalized spacial score (nSPS) is 10.2. The van der Waals surface area contributed by atoms with Gasteiger partial charge in [0.15, 0.2) is 0 Å². The molecular weight excluding hydrogens is 387 g/mol. The van der Waals surface area contributed by atoms with Crippen LogP contribution in [0.4, 0.5) is 0 Å². The van der Waals surface area contributed by atoms with E-state index in [-0.39, 0.29) is 5.28 Å². The molecule has 18 heavy (non-hydrogen) atoms. The molecule has 0 bridgehead atoms. The van der Waals surface area contributed by atoms with E-state index in [1.54, 1.807) is 25.3 Å². The SMILES string of the molecule is COc1cc(Br)c(Oc2ccnc(Cl)n2)cc1Br. The van der Waals surface area contributed by atoms with Crippen molar-refractivity contribution in [3.8, 4) is 17.4 Å². The Balaban J connectivity index is 2.32. The van der Waals surface area contributed by atoms with E-state index in [1.807, 2.05) is 0 Å². The summed E-state index contributed by atoms with van der Waals surface area (Å²) in [4.78, 5) is 7.73. The van der Waals surface area contributed by atoms with Gasteiger partial charge in [0.25, 0.3) is 0 Å². The van der Waals surface area contributed by atoms with E-state index in [1.165, 1.54) is 6.20 Å². The van der Waals surface area contributed by atoms with E-state index >= 15 is 0 Å². The van der Waals surface area contributed by atoms with Gasteiger partial charge in [-0.25, -0.2) is 4.98 Å². The van der Waals surface area contributed by atoms with Crippen LogP contribution in [0.1, 0.15) is 0 Å². The fraction of sp³-hybridized carbons (Fsp3) is 0.0909. The Labute approximate surface area is 126 Å². The first-order chi connectivity index (χ1) is 8.60. The standard InChI is InChI=1S/C11H7Br2ClN2O2/c1-17-8-4-7(13)9(5-6(8)12)18-10-2-3-15-11(14)16-10/h2-5H,1H3. The highest BCUT2D eigenvalue weighted by Gasteiger charge is 2.10. The first-order valence-corrected chi connectivity index (χ1v) is 6.76. The Morgan fingerprint density at radius 1 is 1.17 bits per heavy atom. The highest BCUT2D eigenvalue weighted by atomic mass is 79.9. The Bertz CT molecular complexity index is 581. The zero-order chi connectivity index (χ0) is 13.1. The van der Waals surface area contributed by atoms with Gasteiger partial charge < -0.3 is 9.47 Å². The summed E-state index contributed by atoms with van der Waals surface area (Å²) in [6.45, 7) is 0. The summed E-state index contributed by atoms with van der Waals surface area (Å²) >= 11 is 12.5. The van der Waals surface area contributed by atoms with Crippen LogP contribution in [-0.2, 0) is 0 Å². The molecular formula is C11H7Br2ClN2O2. The minimum absolute atomic E-state index is 0.135. The molecule has 0 unspecified atom stereocenters. The molecule has 0 aliphatic carbocycles. The summed E-state index contributed by atoms with van der Waals surface area (Å²) in [5, 5.41) is 0.135. The zero-order valence-electron chi connectivity index (χ0n) is 9.15. The van der Waals surface area contributed by atoms with Crippen LogP contribution >= 0.6 is 43.5 Å². The van der Waals surface area contributed by atoms with Gasteiger partial charge in [-0.05, 0) is 55.6 Å². The number of nitrogens with zero attached hydrogens (tertiary/aromatic N) is 2. The summed E-state index contributed by atoms with van der Waals surface area (Å²) in [5.41, 5.74) is 0. The van der Waals surface area contributed by atoms with Crippen molar-refractivity contribution in [2.45, 2.75) is 0 Å². The van der Waals surface area contributed by atoms with E-state index in [2.05, 4.69) is 41.8 Å². The lowest BCUT2D eigenvalue weighted by Gasteiger charge is -2.10. The topological polar surface area (TPSA) is 44.2 Å². The van der Waals surface area contributed by atoms with Gasteiger partial charge in [-0.2, -0.15) is 4.98 Å². The second-order valence-corrected chi connectivity index (χ2v) is 5.23. The highest BCUT2D eigenvalue weighted by molar-refractivity contribution is 9.11. The Morgan fingerprint density at radius 2 is 1.83 bits per heavy atom. The monoisotopic (exact) mass is 392 g/mol. The summed E-state index contributed by atoms with van der Waals surface area (Å²) in [5.74, 6) is 1.67. The van der Waals surface area contributed by atoms with Crippen molar-refractivity contribution in [2.75, 3.05) is 7.11 Å². The zero-order valence-corrected chi connectivity index (χ0v) is 13.1. The van der Waals surface area contributed by atoms with Gasteiger partial charge in [-0.1, -0.05) is 0 Å². The van der Waals surface area contributed by atoms with Crippen LogP contribution in [0.5, 0.6) is 17.4 Å². The Kier molecular flexibility index (Phi) is 4.42. The molecule has 0 atom stereocenters. The number of hydrogen-bond acceptors (Lipinski definition) is 4. The molecule has 0 amide bonds. The molecule has 94 valence electrons. The second kappa shape index (κ2) is 5.86. The molecule has 0 spiro atoms. The first kappa shape index (κ1) is 13.6. The average molecular weight is 394 g/mol.